The van der Waals surface area contributed by atoms with Gasteiger partial charge in [0.05, 0.1) is 9.40 Å². The minimum absolute atomic E-state index is 0.121. The van der Waals surface area contributed by atoms with Crippen molar-refractivity contribution in [3.05, 3.63) is 54.8 Å². The molecule has 0 aliphatic heterocycles. The molecule has 0 fully saturated rings. The molecule has 0 aliphatic rings. The molecule has 0 spiro atoms. The second-order valence-corrected chi connectivity index (χ2v) is 5.56. The number of pyridine rings is 1. The van der Waals surface area contributed by atoms with Gasteiger partial charge >= 0.3 is 0 Å². The molecule has 0 amide bonds. The maximum absolute atomic E-state index is 13.2. The molecule has 0 radical (unpaired) electrons. The van der Waals surface area contributed by atoms with Gasteiger partial charge in [-0.25, -0.2) is 9.37 Å². The van der Waals surface area contributed by atoms with Gasteiger partial charge in [-0.2, -0.15) is 0 Å². The van der Waals surface area contributed by atoms with Crippen molar-refractivity contribution in [2.75, 3.05) is 0 Å². The van der Waals surface area contributed by atoms with Crippen LogP contribution in [0.2, 0.25) is 0 Å². The zero-order valence-electron chi connectivity index (χ0n) is 10.1. The van der Waals surface area contributed by atoms with E-state index in [0.29, 0.717) is 14.5 Å². The number of hydrogen-bond donors (Lipinski definition) is 0. The van der Waals surface area contributed by atoms with Crippen molar-refractivity contribution < 1.29 is 14.1 Å². The standard InChI is InChI=1S/C12H7Br2FN2O3/c1-6-10(17(18)19)5-16-12(11(6)14)20-9-3-7(13)2-8(15)4-9/h2-5H,1H3. The summed E-state index contributed by atoms with van der Waals surface area (Å²) >= 11 is 6.34. The molecule has 1 aromatic heterocycles. The fourth-order valence-corrected chi connectivity index (χ4v) is 2.33. The topological polar surface area (TPSA) is 65.3 Å². The fraction of sp³-hybridized carbons (Fsp3) is 0.0833. The first-order valence-electron chi connectivity index (χ1n) is 5.32. The number of benzene rings is 1. The van der Waals surface area contributed by atoms with E-state index in [2.05, 4.69) is 36.8 Å². The fourth-order valence-electron chi connectivity index (χ4n) is 1.50. The number of nitrogens with zero attached hydrogens (tertiary/aromatic N) is 2. The molecular formula is C12H7Br2FN2O3. The molecule has 0 unspecified atom stereocenters. The molecule has 5 nitrogen and oxygen atoms in total. The van der Waals surface area contributed by atoms with Crippen molar-refractivity contribution in [1.82, 2.24) is 4.98 Å². The summed E-state index contributed by atoms with van der Waals surface area (Å²) in [5.41, 5.74) is 0.264. The van der Waals surface area contributed by atoms with Gasteiger partial charge in [0.1, 0.15) is 17.8 Å². The van der Waals surface area contributed by atoms with Crippen LogP contribution in [0.1, 0.15) is 5.56 Å². The van der Waals surface area contributed by atoms with E-state index in [1.165, 1.54) is 12.1 Å². The predicted octanol–water partition coefficient (Wildman–Crippen LogP) is 4.75. The number of ether oxygens (including phenoxy) is 1. The molecular weight excluding hydrogens is 399 g/mol. The van der Waals surface area contributed by atoms with E-state index in [9.17, 15) is 14.5 Å². The minimum Gasteiger partial charge on any atom is -0.438 e. The van der Waals surface area contributed by atoms with Gasteiger partial charge in [0.2, 0.25) is 5.88 Å². The first-order valence-corrected chi connectivity index (χ1v) is 6.90. The van der Waals surface area contributed by atoms with Gasteiger partial charge in [-0.15, -0.1) is 0 Å². The third-order valence-electron chi connectivity index (χ3n) is 2.45. The first-order chi connectivity index (χ1) is 9.38. The average Bonchev–Trinajstić information content (AvgIpc) is 2.33. The third-order valence-corrected chi connectivity index (χ3v) is 3.84. The van der Waals surface area contributed by atoms with Crippen LogP contribution in [0.25, 0.3) is 0 Å². The van der Waals surface area contributed by atoms with Gasteiger partial charge in [-0.05, 0) is 35.0 Å². The molecule has 0 atom stereocenters. The number of aromatic nitrogens is 1. The van der Waals surface area contributed by atoms with Gasteiger partial charge in [0.15, 0.2) is 0 Å². The summed E-state index contributed by atoms with van der Waals surface area (Å²) in [6, 6.07) is 4.04. The Morgan fingerprint density at radius 2 is 2.05 bits per heavy atom. The van der Waals surface area contributed by atoms with E-state index in [-0.39, 0.29) is 17.3 Å². The smallest absolute Gasteiger partial charge is 0.291 e. The van der Waals surface area contributed by atoms with Gasteiger partial charge < -0.3 is 4.74 Å². The lowest BCUT2D eigenvalue weighted by atomic mass is 10.2. The van der Waals surface area contributed by atoms with Crippen LogP contribution in [0.3, 0.4) is 0 Å². The van der Waals surface area contributed by atoms with Gasteiger partial charge in [0, 0.05) is 16.1 Å². The van der Waals surface area contributed by atoms with Crippen molar-refractivity contribution >= 4 is 37.5 Å². The lowest BCUT2D eigenvalue weighted by Crippen LogP contribution is -1.97. The lowest BCUT2D eigenvalue weighted by Gasteiger charge is -2.09. The molecule has 104 valence electrons. The summed E-state index contributed by atoms with van der Waals surface area (Å²) in [5.74, 6) is -0.104. The number of nitro groups is 1. The Kier molecular flexibility index (Phi) is 4.34. The Morgan fingerprint density at radius 1 is 1.35 bits per heavy atom. The Morgan fingerprint density at radius 3 is 2.65 bits per heavy atom. The zero-order valence-corrected chi connectivity index (χ0v) is 13.2. The highest BCUT2D eigenvalue weighted by Gasteiger charge is 2.18. The van der Waals surface area contributed by atoms with Gasteiger partial charge in [0.25, 0.3) is 5.69 Å². The van der Waals surface area contributed by atoms with E-state index < -0.39 is 10.7 Å². The predicted molar refractivity (Wildman–Crippen MR) is 77.5 cm³/mol. The highest BCUT2D eigenvalue weighted by molar-refractivity contribution is 9.10. The maximum atomic E-state index is 13.2. The lowest BCUT2D eigenvalue weighted by molar-refractivity contribution is -0.385. The molecule has 1 heterocycles. The SMILES string of the molecule is Cc1c([N+](=O)[O-])cnc(Oc2cc(F)cc(Br)c2)c1Br. The summed E-state index contributed by atoms with van der Waals surface area (Å²) in [4.78, 5) is 14.1. The number of rotatable bonds is 3. The summed E-state index contributed by atoms with van der Waals surface area (Å²) in [6.07, 6.45) is 1.10. The normalized spacial score (nSPS) is 10.4. The number of halogens is 3. The van der Waals surface area contributed by atoms with E-state index in [1.54, 1.807) is 13.0 Å². The van der Waals surface area contributed by atoms with Crippen LogP contribution < -0.4 is 4.74 Å². The van der Waals surface area contributed by atoms with Crippen LogP contribution >= 0.6 is 31.9 Å². The van der Waals surface area contributed by atoms with E-state index in [4.69, 9.17) is 4.74 Å². The molecule has 1 aromatic carbocycles. The van der Waals surface area contributed by atoms with Crippen LogP contribution in [-0.2, 0) is 0 Å². The summed E-state index contributed by atoms with van der Waals surface area (Å²) < 4.78 is 19.6. The zero-order chi connectivity index (χ0) is 14.9. The van der Waals surface area contributed by atoms with Crippen LogP contribution in [-0.4, -0.2) is 9.91 Å². The highest BCUT2D eigenvalue weighted by atomic mass is 79.9. The first kappa shape index (κ1) is 14.9. The molecule has 0 aliphatic carbocycles. The second kappa shape index (κ2) is 5.84. The van der Waals surface area contributed by atoms with Gasteiger partial charge in [-0.3, -0.25) is 10.1 Å². The molecule has 8 heteroatoms. The molecule has 20 heavy (non-hydrogen) atoms. The molecule has 2 rings (SSSR count). The third kappa shape index (κ3) is 3.13. The van der Waals surface area contributed by atoms with Crippen LogP contribution in [0.5, 0.6) is 11.6 Å². The number of hydrogen-bond acceptors (Lipinski definition) is 4. The van der Waals surface area contributed by atoms with Crippen molar-refractivity contribution in [2.24, 2.45) is 0 Å². The average molecular weight is 406 g/mol. The Hall–Kier alpha value is -1.54. The molecule has 0 bridgehead atoms. The Labute approximate surface area is 130 Å². The van der Waals surface area contributed by atoms with Crippen molar-refractivity contribution in [2.45, 2.75) is 6.92 Å². The Balaban J connectivity index is 2.39. The van der Waals surface area contributed by atoms with E-state index in [0.717, 1.165) is 6.20 Å². The monoisotopic (exact) mass is 404 g/mol. The minimum atomic E-state index is -0.532. The summed E-state index contributed by atoms with van der Waals surface area (Å²) in [7, 11) is 0. The van der Waals surface area contributed by atoms with E-state index >= 15 is 0 Å². The quantitative estimate of drug-likeness (QED) is 0.545. The Bertz CT molecular complexity index is 674. The maximum Gasteiger partial charge on any atom is 0.291 e. The summed E-state index contributed by atoms with van der Waals surface area (Å²) in [5, 5.41) is 10.8. The highest BCUT2D eigenvalue weighted by Crippen LogP contribution is 2.35. The van der Waals surface area contributed by atoms with Crippen molar-refractivity contribution in [1.29, 1.82) is 0 Å². The molecule has 0 N–H and O–H groups in total. The van der Waals surface area contributed by atoms with Crippen LogP contribution in [0, 0.1) is 22.9 Å². The van der Waals surface area contributed by atoms with Crippen LogP contribution in [0.15, 0.2) is 33.3 Å². The van der Waals surface area contributed by atoms with Crippen LogP contribution in [0.4, 0.5) is 10.1 Å². The van der Waals surface area contributed by atoms with Gasteiger partial charge in [-0.1, -0.05) is 15.9 Å². The molecule has 2 aromatic rings. The van der Waals surface area contributed by atoms with Crippen molar-refractivity contribution in [3.8, 4) is 11.6 Å². The van der Waals surface area contributed by atoms with Crippen molar-refractivity contribution in [3.63, 3.8) is 0 Å². The second-order valence-electron chi connectivity index (χ2n) is 3.85. The molecule has 0 saturated heterocycles. The van der Waals surface area contributed by atoms with E-state index in [1.807, 2.05) is 0 Å². The largest absolute Gasteiger partial charge is 0.438 e. The summed E-state index contributed by atoms with van der Waals surface area (Å²) in [6.45, 7) is 1.57. The molecule has 0 saturated carbocycles.